The largest absolute Gasteiger partial charge is 0.467 e. The molecular formula is C24H21N3O5. The minimum Gasteiger partial charge on any atom is -0.467 e. The number of H-pyrrole nitrogens is 1. The molecule has 5 rings (SSSR count). The predicted molar refractivity (Wildman–Crippen MR) is 115 cm³/mol. The summed E-state index contributed by atoms with van der Waals surface area (Å²) in [7, 11) is 1.27. The van der Waals surface area contributed by atoms with Crippen LogP contribution in [-0.2, 0) is 16.0 Å². The minimum absolute atomic E-state index is 0.0421. The highest BCUT2D eigenvalue weighted by Gasteiger charge is 2.44. The van der Waals surface area contributed by atoms with E-state index in [1.165, 1.54) is 30.2 Å². The fourth-order valence-electron chi connectivity index (χ4n) is 4.16. The number of aromatic amines is 1. The first-order chi connectivity index (χ1) is 15.5. The van der Waals surface area contributed by atoms with Gasteiger partial charge in [0.25, 0.3) is 17.7 Å². The van der Waals surface area contributed by atoms with Crippen LogP contribution in [0.2, 0.25) is 0 Å². The van der Waals surface area contributed by atoms with Crippen LogP contribution in [0.5, 0.6) is 0 Å². The van der Waals surface area contributed by atoms with Gasteiger partial charge in [0.15, 0.2) is 0 Å². The Balaban J connectivity index is 1.38. The number of rotatable bonds is 6. The normalized spacial score (nSPS) is 16.2. The van der Waals surface area contributed by atoms with E-state index in [1.807, 2.05) is 24.3 Å². The van der Waals surface area contributed by atoms with Crippen LogP contribution in [0.3, 0.4) is 0 Å². The van der Waals surface area contributed by atoms with Gasteiger partial charge in [0, 0.05) is 35.1 Å². The summed E-state index contributed by atoms with van der Waals surface area (Å²) in [6.45, 7) is 0. The van der Waals surface area contributed by atoms with E-state index in [4.69, 9.17) is 4.74 Å². The number of hydrogen-bond donors (Lipinski definition) is 2. The first-order valence-corrected chi connectivity index (χ1v) is 10.4. The topological polar surface area (TPSA) is 109 Å². The molecule has 0 spiro atoms. The van der Waals surface area contributed by atoms with Crippen molar-refractivity contribution in [2.45, 2.75) is 31.3 Å². The van der Waals surface area contributed by atoms with Gasteiger partial charge in [-0.3, -0.25) is 19.3 Å². The fourth-order valence-corrected chi connectivity index (χ4v) is 4.16. The number of para-hydroxylation sites is 1. The molecule has 3 amide bonds. The van der Waals surface area contributed by atoms with Crippen LogP contribution in [0, 0.1) is 0 Å². The van der Waals surface area contributed by atoms with Crippen molar-refractivity contribution < 1.29 is 23.9 Å². The molecule has 0 saturated heterocycles. The van der Waals surface area contributed by atoms with Gasteiger partial charge >= 0.3 is 5.97 Å². The molecule has 0 unspecified atom stereocenters. The standard InChI is InChI=1S/C24H21N3O5/c1-32-24(31)20(11-14-12-25-19-5-3-2-4-16(14)19)26-21(28)13-6-9-17-18(10-13)23(30)27(22(17)29)15-7-8-15/h2-6,9-10,12,15,20,25H,7-8,11H2,1H3,(H,26,28)/t20-/m1/s1. The molecule has 1 fully saturated rings. The van der Waals surface area contributed by atoms with Gasteiger partial charge in [-0.15, -0.1) is 0 Å². The lowest BCUT2D eigenvalue weighted by atomic mass is 10.0. The van der Waals surface area contributed by atoms with Gasteiger partial charge in [-0.25, -0.2) is 4.79 Å². The van der Waals surface area contributed by atoms with Crippen molar-refractivity contribution in [1.82, 2.24) is 15.2 Å². The van der Waals surface area contributed by atoms with Gasteiger partial charge in [-0.1, -0.05) is 18.2 Å². The molecule has 1 aliphatic carbocycles. The summed E-state index contributed by atoms with van der Waals surface area (Å²) in [5.74, 6) is -1.78. The van der Waals surface area contributed by atoms with Crippen LogP contribution in [0.15, 0.2) is 48.7 Å². The van der Waals surface area contributed by atoms with Crippen molar-refractivity contribution in [2.75, 3.05) is 7.11 Å². The SMILES string of the molecule is COC(=O)[C@@H](Cc1c[nH]c2ccccc12)NC(=O)c1ccc2c(c1)C(=O)N(C1CC1)C2=O. The zero-order chi connectivity index (χ0) is 22.4. The molecule has 2 N–H and O–H groups in total. The Kier molecular flexibility index (Phi) is 4.77. The second kappa shape index (κ2) is 7.64. The molecule has 2 aromatic carbocycles. The predicted octanol–water partition coefficient (Wildman–Crippen LogP) is 2.44. The van der Waals surface area contributed by atoms with Gasteiger partial charge in [-0.2, -0.15) is 0 Å². The smallest absolute Gasteiger partial charge is 0.328 e. The number of carbonyl (C=O) groups excluding carboxylic acids is 4. The van der Waals surface area contributed by atoms with E-state index in [9.17, 15) is 19.2 Å². The molecule has 2 aliphatic rings. The van der Waals surface area contributed by atoms with Gasteiger partial charge < -0.3 is 15.0 Å². The van der Waals surface area contributed by atoms with Crippen molar-refractivity contribution in [3.8, 4) is 0 Å². The van der Waals surface area contributed by atoms with Crippen LogP contribution in [0.25, 0.3) is 10.9 Å². The summed E-state index contributed by atoms with van der Waals surface area (Å²) < 4.78 is 4.89. The lowest BCUT2D eigenvalue weighted by molar-refractivity contribution is -0.142. The van der Waals surface area contributed by atoms with Gasteiger partial charge in [0.2, 0.25) is 0 Å². The highest BCUT2D eigenvalue weighted by atomic mass is 16.5. The zero-order valence-corrected chi connectivity index (χ0v) is 17.4. The Labute approximate surface area is 183 Å². The van der Waals surface area contributed by atoms with E-state index in [2.05, 4.69) is 10.3 Å². The molecule has 162 valence electrons. The summed E-state index contributed by atoms with van der Waals surface area (Å²) in [6.07, 6.45) is 3.67. The van der Waals surface area contributed by atoms with E-state index in [1.54, 1.807) is 6.20 Å². The molecular weight excluding hydrogens is 410 g/mol. The third-order valence-electron chi connectivity index (χ3n) is 5.98. The van der Waals surface area contributed by atoms with Gasteiger partial charge in [0.1, 0.15) is 6.04 Å². The maximum atomic E-state index is 12.9. The minimum atomic E-state index is -0.916. The Morgan fingerprint density at radius 2 is 1.88 bits per heavy atom. The van der Waals surface area contributed by atoms with Crippen molar-refractivity contribution in [1.29, 1.82) is 0 Å². The van der Waals surface area contributed by atoms with Crippen LogP contribution in [0.1, 0.15) is 49.5 Å². The van der Waals surface area contributed by atoms with Crippen LogP contribution >= 0.6 is 0 Å². The quantitative estimate of drug-likeness (QED) is 0.460. The fraction of sp³-hybridized carbons (Fsp3) is 0.250. The molecule has 8 nitrogen and oxygen atoms in total. The number of aromatic nitrogens is 1. The monoisotopic (exact) mass is 431 g/mol. The Bertz CT molecular complexity index is 1270. The van der Waals surface area contributed by atoms with E-state index >= 15 is 0 Å². The maximum absolute atomic E-state index is 12.9. The molecule has 1 aliphatic heterocycles. The molecule has 3 aromatic rings. The van der Waals surface area contributed by atoms with Crippen LogP contribution in [0.4, 0.5) is 0 Å². The average Bonchev–Trinajstić information content (AvgIpc) is 3.51. The summed E-state index contributed by atoms with van der Waals surface area (Å²) in [5, 5.41) is 3.67. The number of nitrogens with zero attached hydrogens (tertiary/aromatic N) is 1. The van der Waals surface area contributed by atoms with Crippen molar-refractivity contribution in [3.63, 3.8) is 0 Å². The second-order valence-corrected chi connectivity index (χ2v) is 8.08. The maximum Gasteiger partial charge on any atom is 0.328 e. The molecule has 1 aromatic heterocycles. The van der Waals surface area contributed by atoms with Crippen LogP contribution < -0.4 is 5.32 Å². The van der Waals surface area contributed by atoms with Gasteiger partial charge in [0.05, 0.1) is 18.2 Å². The second-order valence-electron chi connectivity index (χ2n) is 8.08. The lowest BCUT2D eigenvalue weighted by Crippen LogP contribution is -2.43. The molecule has 0 bridgehead atoms. The van der Waals surface area contributed by atoms with Crippen LogP contribution in [-0.4, -0.2) is 52.8 Å². The van der Waals surface area contributed by atoms with E-state index < -0.39 is 17.9 Å². The third-order valence-corrected chi connectivity index (χ3v) is 5.98. The molecule has 1 atom stereocenters. The Hall–Kier alpha value is -3.94. The summed E-state index contributed by atoms with van der Waals surface area (Å²) in [4.78, 5) is 54.9. The molecule has 2 heterocycles. The molecule has 8 heteroatoms. The number of nitrogens with one attached hydrogen (secondary N) is 2. The average molecular weight is 431 g/mol. The zero-order valence-electron chi connectivity index (χ0n) is 17.4. The number of imide groups is 1. The first kappa shape index (κ1) is 20.0. The van der Waals surface area contributed by atoms with Crippen molar-refractivity contribution in [3.05, 3.63) is 70.9 Å². The summed E-state index contributed by atoms with van der Waals surface area (Å²) in [6, 6.07) is 11.1. The highest BCUT2D eigenvalue weighted by molar-refractivity contribution is 6.22. The number of ether oxygens (including phenoxy) is 1. The molecule has 32 heavy (non-hydrogen) atoms. The number of methoxy groups -OCH3 is 1. The Morgan fingerprint density at radius 1 is 1.12 bits per heavy atom. The van der Waals surface area contributed by atoms with E-state index in [0.717, 1.165) is 29.3 Å². The molecule has 0 radical (unpaired) electrons. The number of amides is 3. The van der Waals surface area contributed by atoms with Crippen molar-refractivity contribution >= 4 is 34.6 Å². The lowest BCUT2D eigenvalue weighted by Gasteiger charge is -2.16. The van der Waals surface area contributed by atoms with E-state index in [0.29, 0.717) is 5.56 Å². The van der Waals surface area contributed by atoms with E-state index in [-0.39, 0.29) is 35.4 Å². The molecule has 1 saturated carbocycles. The Morgan fingerprint density at radius 3 is 2.62 bits per heavy atom. The number of carbonyl (C=O) groups is 4. The highest BCUT2D eigenvalue weighted by Crippen LogP contribution is 2.35. The van der Waals surface area contributed by atoms with Gasteiger partial charge in [-0.05, 0) is 42.7 Å². The summed E-state index contributed by atoms with van der Waals surface area (Å²) >= 11 is 0. The number of fused-ring (bicyclic) bond motifs is 2. The summed E-state index contributed by atoms with van der Waals surface area (Å²) in [5.41, 5.74) is 2.53. The number of hydrogen-bond acceptors (Lipinski definition) is 5. The number of esters is 1. The first-order valence-electron chi connectivity index (χ1n) is 10.4. The third kappa shape index (κ3) is 3.33. The van der Waals surface area contributed by atoms with Crippen molar-refractivity contribution in [2.24, 2.45) is 0 Å². The number of benzene rings is 2.